The fourth-order valence-electron chi connectivity index (χ4n) is 2.09. The number of hydrogen-bond acceptors (Lipinski definition) is 3. The molecule has 1 atom stereocenters. The molecule has 4 nitrogen and oxygen atoms in total. The van der Waals surface area contributed by atoms with E-state index in [0.29, 0.717) is 5.69 Å². The smallest absolute Gasteiger partial charge is 0.270 e. The number of hydrogen-bond donors (Lipinski definition) is 2. The van der Waals surface area contributed by atoms with Crippen molar-refractivity contribution in [3.8, 4) is 10.7 Å². The Hall–Kier alpha value is -2.14. The van der Waals surface area contributed by atoms with Gasteiger partial charge in [0.15, 0.2) is 0 Å². The standard InChI is InChI=1S/C16H17N3OS/c1-3-10(2)17-15(20)14-9-21-16(19-14)13-8-11-6-4-5-7-12(11)18-13/h4-10,18H,3H2,1-2H3,(H,17,20). The number of fused-ring (bicyclic) bond motifs is 1. The molecule has 108 valence electrons. The third kappa shape index (κ3) is 2.83. The lowest BCUT2D eigenvalue weighted by Crippen LogP contribution is -2.32. The summed E-state index contributed by atoms with van der Waals surface area (Å²) in [6.45, 7) is 4.03. The molecule has 3 aromatic rings. The third-order valence-corrected chi connectivity index (χ3v) is 4.36. The quantitative estimate of drug-likeness (QED) is 0.769. The molecule has 0 spiro atoms. The van der Waals surface area contributed by atoms with Crippen LogP contribution in [0.2, 0.25) is 0 Å². The van der Waals surface area contributed by atoms with Gasteiger partial charge < -0.3 is 10.3 Å². The number of carbonyl (C=O) groups is 1. The molecule has 5 heteroatoms. The van der Waals surface area contributed by atoms with Crippen LogP contribution in [0.3, 0.4) is 0 Å². The van der Waals surface area contributed by atoms with E-state index in [4.69, 9.17) is 0 Å². The van der Waals surface area contributed by atoms with Gasteiger partial charge in [0.05, 0.1) is 5.69 Å². The van der Waals surface area contributed by atoms with E-state index < -0.39 is 0 Å². The number of benzene rings is 1. The summed E-state index contributed by atoms with van der Waals surface area (Å²) in [5.74, 6) is -0.108. The van der Waals surface area contributed by atoms with Gasteiger partial charge in [0.25, 0.3) is 5.91 Å². The summed E-state index contributed by atoms with van der Waals surface area (Å²) in [5.41, 5.74) is 2.51. The van der Waals surface area contributed by atoms with Crippen LogP contribution in [0.4, 0.5) is 0 Å². The molecular formula is C16H17N3OS. The first-order valence-corrected chi connectivity index (χ1v) is 7.90. The zero-order valence-electron chi connectivity index (χ0n) is 12.0. The van der Waals surface area contributed by atoms with Crippen LogP contribution >= 0.6 is 11.3 Å². The van der Waals surface area contributed by atoms with Gasteiger partial charge in [-0.05, 0) is 25.5 Å². The Morgan fingerprint density at radius 2 is 2.24 bits per heavy atom. The number of thiazole rings is 1. The Morgan fingerprint density at radius 3 is 3.00 bits per heavy atom. The van der Waals surface area contributed by atoms with Crippen LogP contribution in [0, 0.1) is 0 Å². The van der Waals surface area contributed by atoms with Crippen LogP contribution in [0.15, 0.2) is 35.7 Å². The second kappa shape index (κ2) is 5.69. The summed E-state index contributed by atoms with van der Waals surface area (Å²) < 4.78 is 0. The van der Waals surface area contributed by atoms with E-state index in [0.717, 1.165) is 28.0 Å². The van der Waals surface area contributed by atoms with Gasteiger partial charge in [0.2, 0.25) is 0 Å². The maximum atomic E-state index is 12.1. The highest BCUT2D eigenvalue weighted by molar-refractivity contribution is 7.13. The number of H-pyrrole nitrogens is 1. The SMILES string of the molecule is CCC(C)NC(=O)c1csc(-c2cc3ccccc3[nH]2)n1. The predicted octanol–water partition coefficient (Wildman–Crippen LogP) is 3.82. The van der Waals surface area contributed by atoms with Gasteiger partial charge in [-0.15, -0.1) is 11.3 Å². The normalized spacial score (nSPS) is 12.5. The number of nitrogens with one attached hydrogen (secondary N) is 2. The van der Waals surface area contributed by atoms with E-state index in [1.54, 1.807) is 5.38 Å². The summed E-state index contributed by atoms with van der Waals surface area (Å²) in [6.07, 6.45) is 0.907. The van der Waals surface area contributed by atoms with Crippen LogP contribution in [-0.2, 0) is 0 Å². The molecule has 0 radical (unpaired) electrons. The van der Waals surface area contributed by atoms with Crippen molar-refractivity contribution in [3.63, 3.8) is 0 Å². The van der Waals surface area contributed by atoms with Gasteiger partial charge >= 0.3 is 0 Å². The third-order valence-electron chi connectivity index (χ3n) is 3.49. The van der Waals surface area contributed by atoms with Gasteiger partial charge in [-0.1, -0.05) is 25.1 Å². The van der Waals surface area contributed by atoms with Gasteiger partial charge in [0.1, 0.15) is 10.7 Å². The van der Waals surface area contributed by atoms with Crippen LogP contribution < -0.4 is 5.32 Å². The molecule has 0 aliphatic heterocycles. The average molecular weight is 299 g/mol. The Balaban J connectivity index is 1.85. The molecule has 1 aromatic carbocycles. The first-order valence-electron chi connectivity index (χ1n) is 7.02. The molecule has 0 aliphatic rings. The minimum Gasteiger partial charge on any atom is -0.353 e. The second-order valence-corrected chi connectivity index (χ2v) is 5.95. The van der Waals surface area contributed by atoms with Gasteiger partial charge in [-0.2, -0.15) is 0 Å². The number of nitrogens with zero attached hydrogens (tertiary/aromatic N) is 1. The van der Waals surface area contributed by atoms with E-state index >= 15 is 0 Å². The maximum absolute atomic E-state index is 12.1. The van der Waals surface area contributed by atoms with Gasteiger partial charge in [0, 0.05) is 22.3 Å². The number of amides is 1. The van der Waals surface area contributed by atoms with Crippen molar-refractivity contribution in [2.24, 2.45) is 0 Å². The molecular weight excluding hydrogens is 282 g/mol. The minimum atomic E-state index is -0.108. The Kier molecular flexibility index (Phi) is 3.75. The first-order chi connectivity index (χ1) is 10.2. The topological polar surface area (TPSA) is 57.8 Å². The average Bonchev–Trinajstić information content (AvgIpc) is 3.13. The first kappa shape index (κ1) is 13.8. The van der Waals surface area contributed by atoms with Crippen molar-refractivity contribution in [1.29, 1.82) is 0 Å². The fourth-order valence-corrected chi connectivity index (χ4v) is 2.86. The van der Waals surface area contributed by atoms with Crippen LogP contribution in [0.1, 0.15) is 30.8 Å². The fraction of sp³-hybridized carbons (Fsp3) is 0.250. The van der Waals surface area contributed by atoms with E-state index in [1.165, 1.54) is 11.3 Å². The van der Waals surface area contributed by atoms with Crippen molar-refractivity contribution in [3.05, 3.63) is 41.4 Å². The number of carbonyl (C=O) groups excluding carboxylic acids is 1. The highest BCUT2D eigenvalue weighted by atomic mass is 32.1. The monoisotopic (exact) mass is 299 g/mol. The lowest BCUT2D eigenvalue weighted by molar-refractivity contribution is 0.0935. The summed E-state index contributed by atoms with van der Waals surface area (Å²) in [7, 11) is 0. The van der Waals surface area contributed by atoms with E-state index in [9.17, 15) is 4.79 Å². The van der Waals surface area contributed by atoms with E-state index in [2.05, 4.69) is 27.4 Å². The maximum Gasteiger partial charge on any atom is 0.270 e. The highest BCUT2D eigenvalue weighted by Crippen LogP contribution is 2.26. The molecule has 1 amide bonds. The lowest BCUT2D eigenvalue weighted by Gasteiger charge is -2.09. The molecule has 1 unspecified atom stereocenters. The molecule has 0 fully saturated rings. The molecule has 2 N–H and O–H groups in total. The van der Waals surface area contributed by atoms with Crippen molar-refractivity contribution < 1.29 is 4.79 Å². The minimum absolute atomic E-state index is 0.108. The van der Waals surface area contributed by atoms with Crippen molar-refractivity contribution in [2.75, 3.05) is 0 Å². The van der Waals surface area contributed by atoms with E-state index in [1.807, 2.05) is 32.0 Å². The molecule has 0 bridgehead atoms. The molecule has 21 heavy (non-hydrogen) atoms. The van der Waals surface area contributed by atoms with Crippen LogP contribution in [0.25, 0.3) is 21.6 Å². The summed E-state index contributed by atoms with van der Waals surface area (Å²) in [6, 6.07) is 10.3. The molecule has 2 heterocycles. The second-order valence-electron chi connectivity index (χ2n) is 5.09. The highest BCUT2D eigenvalue weighted by Gasteiger charge is 2.14. The Bertz CT molecular complexity index is 742. The zero-order valence-corrected chi connectivity index (χ0v) is 12.8. The van der Waals surface area contributed by atoms with Crippen molar-refractivity contribution >= 4 is 28.1 Å². The van der Waals surface area contributed by atoms with Crippen molar-refractivity contribution in [1.82, 2.24) is 15.3 Å². The summed E-state index contributed by atoms with van der Waals surface area (Å²) >= 11 is 1.48. The Labute approximate surface area is 127 Å². The number of aromatic amines is 1. The largest absolute Gasteiger partial charge is 0.353 e. The van der Waals surface area contributed by atoms with Crippen LogP contribution in [0.5, 0.6) is 0 Å². The summed E-state index contributed by atoms with van der Waals surface area (Å²) in [4.78, 5) is 19.8. The number of aromatic nitrogens is 2. The van der Waals surface area contributed by atoms with Crippen LogP contribution in [-0.4, -0.2) is 21.9 Å². The Morgan fingerprint density at radius 1 is 1.43 bits per heavy atom. The molecule has 0 saturated heterocycles. The number of para-hydroxylation sites is 1. The lowest BCUT2D eigenvalue weighted by atomic mass is 10.2. The van der Waals surface area contributed by atoms with Gasteiger partial charge in [-0.3, -0.25) is 4.79 Å². The summed E-state index contributed by atoms with van der Waals surface area (Å²) in [5, 5.41) is 6.72. The number of rotatable bonds is 4. The zero-order chi connectivity index (χ0) is 14.8. The molecule has 2 aromatic heterocycles. The predicted molar refractivity (Wildman–Crippen MR) is 86.6 cm³/mol. The molecule has 0 saturated carbocycles. The van der Waals surface area contributed by atoms with Crippen molar-refractivity contribution in [2.45, 2.75) is 26.3 Å². The van der Waals surface area contributed by atoms with E-state index in [-0.39, 0.29) is 11.9 Å². The molecule has 0 aliphatic carbocycles. The van der Waals surface area contributed by atoms with Gasteiger partial charge in [-0.25, -0.2) is 4.98 Å². The molecule has 3 rings (SSSR count).